The molecule has 1 heterocycles. The molecule has 1 spiro atoms. The van der Waals surface area contributed by atoms with E-state index in [0.29, 0.717) is 12.3 Å². The molecule has 74 valence electrons. The standard InChI is InChI=1S/C10H16O3/c11-6-2-4-9-3-1-5-10(9)12-7-8-13-10/h6,9H,1-5,7-8H2. The Morgan fingerprint density at radius 1 is 1.38 bits per heavy atom. The van der Waals surface area contributed by atoms with Crippen molar-refractivity contribution in [2.24, 2.45) is 5.92 Å². The maximum absolute atomic E-state index is 10.3. The van der Waals surface area contributed by atoms with Crippen molar-refractivity contribution in [3.63, 3.8) is 0 Å². The Morgan fingerprint density at radius 2 is 2.15 bits per heavy atom. The highest BCUT2D eigenvalue weighted by molar-refractivity contribution is 5.49. The average Bonchev–Trinajstić information content (AvgIpc) is 2.75. The maximum atomic E-state index is 10.3. The van der Waals surface area contributed by atoms with Crippen LogP contribution in [0, 0.1) is 5.92 Å². The van der Waals surface area contributed by atoms with Crippen LogP contribution >= 0.6 is 0 Å². The first-order chi connectivity index (χ1) is 6.37. The fraction of sp³-hybridized carbons (Fsp3) is 0.900. The molecule has 1 atom stereocenters. The first-order valence-electron chi connectivity index (χ1n) is 5.09. The molecule has 3 nitrogen and oxygen atoms in total. The molecule has 1 saturated carbocycles. The molecule has 13 heavy (non-hydrogen) atoms. The summed E-state index contributed by atoms with van der Waals surface area (Å²) in [6.07, 6.45) is 5.87. The molecule has 2 aliphatic rings. The molecule has 2 fully saturated rings. The Bertz CT molecular complexity index is 179. The van der Waals surface area contributed by atoms with Gasteiger partial charge >= 0.3 is 0 Å². The second-order valence-corrected chi connectivity index (χ2v) is 3.84. The van der Waals surface area contributed by atoms with E-state index in [0.717, 1.165) is 38.8 Å². The van der Waals surface area contributed by atoms with E-state index in [9.17, 15) is 4.79 Å². The number of ether oxygens (including phenoxy) is 2. The zero-order chi connectivity index (χ0) is 9.15. The van der Waals surface area contributed by atoms with Crippen LogP contribution in [0.5, 0.6) is 0 Å². The third-order valence-electron chi connectivity index (χ3n) is 3.11. The Labute approximate surface area is 78.4 Å². The number of carbonyl (C=O) groups excluding carboxylic acids is 1. The summed E-state index contributed by atoms with van der Waals surface area (Å²) in [6.45, 7) is 1.44. The van der Waals surface area contributed by atoms with Gasteiger partial charge in [-0.15, -0.1) is 0 Å². The van der Waals surface area contributed by atoms with Crippen LogP contribution in [0.15, 0.2) is 0 Å². The second-order valence-electron chi connectivity index (χ2n) is 3.84. The van der Waals surface area contributed by atoms with Gasteiger partial charge in [-0.1, -0.05) is 0 Å². The van der Waals surface area contributed by atoms with Crippen LogP contribution in [0.2, 0.25) is 0 Å². The summed E-state index contributed by atoms with van der Waals surface area (Å²) in [5, 5.41) is 0. The SMILES string of the molecule is O=CCCC1CCCC12OCCO2. The highest BCUT2D eigenvalue weighted by Gasteiger charge is 2.47. The van der Waals surface area contributed by atoms with Crippen LogP contribution in [0.1, 0.15) is 32.1 Å². The van der Waals surface area contributed by atoms with Crippen LogP contribution in [-0.2, 0) is 14.3 Å². The van der Waals surface area contributed by atoms with Gasteiger partial charge in [0.15, 0.2) is 5.79 Å². The molecule has 1 aliphatic heterocycles. The van der Waals surface area contributed by atoms with Gasteiger partial charge in [-0.2, -0.15) is 0 Å². The largest absolute Gasteiger partial charge is 0.347 e. The third-order valence-corrected chi connectivity index (χ3v) is 3.11. The molecule has 0 N–H and O–H groups in total. The summed E-state index contributed by atoms with van der Waals surface area (Å²) in [5.41, 5.74) is 0. The van der Waals surface area contributed by atoms with Crippen LogP contribution in [0.3, 0.4) is 0 Å². The Hall–Kier alpha value is -0.410. The molecule has 1 unspecified atom stereocenters. The zero-order valence-corrected chi connectivity index (χ0v) is 7.83. The number of hydrogen-bond acceptors (Lipinski definition) is 3. The summed E-state index contributed by atoms with van der Waals surface area (Å²) in [7, 11) is 0. The smallest absolute Gasteiger partial charge is 0.171 e. The van der Waals surface area contributed by atoms with Crippen molar-refractivity contribution in [3.05, 3.63) is 0 Å². The summed E-state index contributed by atoms with van der Waals surface area (Å²) < 4.78 is 11.3. The summed E-state index contributed by atoms with van der Waals surface area (Å²) in [4.78, 5) is 10.3. The summed E-state index contributed by atoms with van der Waals surface area (Å²) >= 11 is 0. The van der Waals surface area contributed by atoms with E-state index in [4.69, 9.17) is 9.47 Å². The highest BCUT2D eigenvalue weighted by Crippen LogP contribution is 2.44. The van der Waals surface area contributed by atoms with Gasteiger partial charge in [-0.3, -0.25) is 0 Å². The monoisotopic (exact) mass is 184 g/mol. The van der Waals surface area contributed by atoms with E-state index in [1.807, 2.05) is 0 Å². The fourth-order valence-electron chi connectivity index (χ4n) is 2.50. The van der Waals surface area contributed by atoms with Crippen molar-refractivity contribution in [2.45, 2.75) is 37.9 Å². The van der Waals surface area contributed by atoms with E-state index in [1.54, 1.807) is 0 Å². The highest BCUT2D eigenvalue weighted by atomic mass is 16.7. The lowest BCUT2D eigenvalue weighted by Crippen LogP contribution is -2.34. The van der Waals surface area contributed by atoms with Crippen molar-refractivity contribution in [3.8, 4) is 0 Å². The number of carbonyl (C=O) groups is 1. The molecule has 0 radical (unpaired) electrons. The average molecular weight is 184 g/mol. The fourth-order valence-corrected chi connectivity index (χ4v) is 2.50. The minimum absolute atomic E-state index is 0.303. The van der Waals surface area contributed by atoms with E-state index < -0.39 is 0 Å². The van der Waals surface area contributed by atoms with E-state index in [1.165, 1.54) is 6.42 Å². The lowest BCUT2D eigenvalue weighted by molar-refractivity contribution is -0.182. The molecule has 0 aromatic heterocycles. The Balaban J connectivity index is 1.96. The predicted octanol–water partition coefficient (Wildman–Crippen LogP) is 1.51. The molecule has 2 rings (SSSR count). The lowest BCUT2D eigenvalue weighted by Gasteiger charge is -2.28. The van der Waals surface area contributed by atoms with Gasteiger partial charge < -0.3 is 14.3 Å². The van der Waals surface area contributed by atoms with Crippen molar-refractivity contribution < 1.29 is 14.3 Å². The van der Waals surface area contributed by atoms with Gasteiger partial charge in [0.1, 0.15) is 6.29 Å². The van der Waals surface area contributed by atoms with E-state index >= 15 is 0 Å². The van der Waals surface area contributed by atoms with Crippen LogP contribution in [0.4, 0.5) is 0 Å². The molecular weight excluding hydrogens is 168 g/mol. The van der Waals surface area contributed by atoms with Gasteiger partial charge in [0, 0.05) is 18.8 Å². The molecule has 0 amide bonds. The maximum Gasteiger partial charge on any atom is 0.171 e. The lowest BCUT2D eigenvalue weighted by atomic mass is 9.97. The van der Waals surface area contributed by atoms with Crippen LogP contribution in [-0.4, -0.2) is 25.3 Å². The van der Waals surface area contributed by atoms with Crippen molar-refractivity contribution >= 4 is 6.29 Å². The van der Waals surface area contributed by atoms with Gasteiger partial charge in [-0.05, 0) is 19.3 Å². The van der Waals surface area contributed by atoms with Crippen LogP contribution < -0.4 is 0 Å². The minimum atomic E-state index is -0.303. The predicted molar refractivity (Wildman–Crippen MR) is 47.3 cm³/mol. The molecule has 0 bridgehead atoms. The summed E-state index contributed by atoms with van der Waals surface area (Å²) in [5.74, 6) is 0.142. The molecule has 3 heteroatoms. The van der Waals surface area contributed by atoms with E-state index in [2.05, 4.69) is 0 Å². The van der Waals surface area contributed by atoms with Crippen molar-refractivity contribution in [1.29, 1.82) is 0 Å². The first kappa shape index (κ1) is 9.16. The molecular formula is C10H16O3. The van der Waals surface area contributed by atoms with Gasteiger partial charge in [0.05, 0.1) is 13.2 Å². The molecule has 0 aromatic carbocycles. The topological polar surface area (TPSA) is 35.5 Å². The first-order valence-corrected chi connectivity index (χ1v) is 5.09. The number of aldehydes is 1. The molecule has 1 aliphatic carbocycles. The van der Waals surface area contributed by atoms with Gasteiger partial charge in [0.25, 0.3) is 0 Å². The third kappa shape index (κ3) is 1.63. The Kier molecular flexibility index (Phi) is 2.65. The van der Waals surface area contributed by atoms with Gasteiger partial charge in [-0.25, -0.2) is 0 Å². The Morgan fingerprint density at radius 3 is 2.85 bits per heavy atom. The molecule has 0 aromatic rings. The quantitative estimate of drug-likeness (QED) is 0.624. The molecule has 1 saturated heterocycles. The van der Waals surface area contributed by atoms with Crippen molar-refractivity contribution in [2.75, 3.05) is 13.2 Å². The van der Waals surface area contributed by atoms with E-state index in [-0.39, 0.29) is 5.79 Å². The second kappa shape index (κ2) is 3.76. The minimum Gasteiger partial charge on any atom is -0.347 e. The number of rotatable bonds is 3. The van der Waals surface area contributed by atoms with Crippen LogP contribution in [0.25, 0.3) is 0 Å². The number of hydrogen-bond donors (Lipinski definition) is 0. The zero-order valence-electron chi connectivity index (χ0n) is 7.83. The van der Waals surface area contributed by atoms with Gasteiger partial charge in [0.2, 0.25) is 0 Å². The normalized spacial score (nSPS) is 31.2. The summed E-state index contributed by atoms with van der Waals surface area (Å²) in [6, 6.07) is 0. The van der Waals surface area contributed by atoms with Crippen molar-refractivity contribution in [1.82, 2.24) is 0 Å².